The van der Waals surface area contributed by atoms with Crippen molar-refractivity contribution in [3.8, 4) is 6.07 Å². The Morgan fingerprint density at radius 3 is 2.53 bits per heavy atom. The van der Waals surface area contributed by atoms with Gasteiger partial charge in [-0.05, 0) is 32.0 Å². The summed E-state index contributed by atoms with van der Waals surface area (Å²) in [6, 6.07) is 6.95. The number of nitrogens with zero attached hydrogens (tertiary/aromatic N) is 1. The lowest BCUT2D eigenvalue weighted by Gasteiger charge is -2.25. The third kappa shape index (κ3) is 5.47. The number of hydrogen-bond donors (Lipinski definition) is 2. The molecular weight excluding hydrogens is 286 g/mol. The maximum absolute atomic E-state index is 11.2. The average molecular weight is 302 g/mol. The van der Waals surface area contributed by atoms with Gasteiger partial charge in [-0.1, -0.05) is 11.6 Å². The molecule has 7 heteroatoms. The molecule has 1 rings (SSSR count). The lowest BCUT2D eigenvalue weighted by molar-refractivity contribution is 0.476. The molecule has 1 aromatic rings. The highest BCUT2D eigenvalue weighted by molar-refractivity contribution is 7.88. The molecule has 2 N–H and O–H groups in total. The van der Waals surface area contributed by atoms with E-state index < -0.39 is 15.6 Å². The van der Waals surface area contributed by atoms with Crippen molar-refractivity contribution in [2.45, 2.75) is 19.4 Å². The zero-order valence-corrected chi connectivity index (χ0v) is 12.6. The summed E-state index contributed by atoms with van der Waals surface area (Å²) in [4.78, 5) is 0. The third-order valence-electron chi connectivity index (χ3n) is 2.29. The molecule has 5 nitrogen and oxygen atoms in total. The molecular formula is C12H16ClN3O2S. The van der Waals surface area contributed by atoms with Crippen LogP contribution in [0.3, 0.4) is 0 Å². The first-order valence-corrected chi connectivity index (χ1v) is 7.82. The Kier molecular flexibility index (Phi) is 4.80. The molecule has 0 fully saturated rings. The van der Waals surface area contributed by atoms with E-state index in [1.807, 2.05) is 6.07 Å². The zero-order chi connectivity index (χ0) is 14.7. The minimum Gasteiger partial charge on any atom is -0.383 e. The van der Waals surface area contributed by atoms with E-state index in [4.69, 9.17) is 16.9 Å². The largest absolute Gasteiger partial charge is 0.383 e. The summed E-state index contributed by atoms with van der Waals surface area (Å²) in [5, 5.41) is 12.2. The van der Waals surface area contributed by atoms with E-state index in [1.165, 1.54) is 0 Å². The van der Waals surface area contributed by atoms with Crippen LogP contribution in [0.1, 0.15) is 19.4 Å². The number of halogens is 1. The highest BCUT2D eigenvalue weighted by atomic mass is 35.5. The van der Waals surface area contributed by atoms with E-state index in [0.717, 1.165) is 11.9 Å². The normalized spacial score (nSPS) is 11.9. The number of sulfonamides is 1. The fraction of sp³-hybridized carbons (Fsp3) is 0.417. The molecule has 0 radical (unpaired) electrons. The molecule has 0 saturated carbocycles. The van der Waals surface area contributed by atoms with Crippen molar-refractivity contribution < 1.29 is 8.42 Å². The number of nitrogens with one attached hydrogen (secondary N) is 2. The molecule has 0 amide bonds. The zero-order valence-electron chi connectivity index (χ0n) is 11.0. The molecule has 0 unspecified atom stereocenters. The Balaban J connectivity index is 2.72. The molecule has 0 saturated heterocycles. The van der Waals surface area contributed by atoms with Crippen molar-refractivity contribution in [3.05, 3.63) is 28.8 Å². The molecule has 0 aliphatic rings. The number of hydrogen-bond acceptors (Lipinski definition) is 4. The SMILES string of the molecule is CC(C)(CNc1ccc(C#N)c(Cl)c1)NS(C)(=O)=O. The first-order chi connectivity index (χ1) is 8.63. The first kappa shape index (κ1) is 15.8. The van der Waals surface area contributed by atoms with Crippen LogP contribution >= 0.6 is 11.6 Å². The lowest BCUT2D eigenvalue weighted by atomic mass is 10.1. The van der Waals surface area contributed by atoms with Crippen molar-refractivity contribution >= 4 is 27.3 Å². The van der Waals surface area contributed by atoms with Crippen LogP contribution in [0, 0.1) is 11.3 Å². The van der Waals surface area contributed by atoms with Gasteiger partial charge >= 0.3 is 0 Å². The van der Waals surface area contributed by atoms with Crippen molar-refractivity contribution in [1.82, 2.24) is 4.72 Å². The molecule has 1 aromatic carbocycles. The fourth-order valence-corrected chi connectivity index (χ4v) is 2.88. The minimum atomic E-state index is -3.26. The van der Waals surface area contributed by atoms with Gasteiger partial charge in [0.1, 0.15) is 6.07 Å². The maximum Gasteiger partial charge on any atom is 0.209 e. The van der Waals surface area contributed by atoms with Crippen LogP contribution < -0.4 is 10.0 Å². The number of anilines is 1. The van der Waals surface area contributed by atoms with Gasteiger partial charge in [-0.25, -0.2) is 13.1 Å². The summed E-state index contributed by atoms with van der Waals surface area (Å²) in [5.41, 5.74) is 0.502. The summed E-state index contributed by atoms with van der Waals surface area (Å²) < 4.78 is 24.9. The van der Waals surface area contributed by atoms with Gasteiger partial charge in [0, 0.05) is 17.8 Å². The highest BCUT2D eigenvalue weighted by Gasteiger charge is 2.21. The first-order valence-electron chi connectivity index (χ1n) is 5.55. The van der Waals surface area contributed by atoms with Crippen LogP contribution in [0.5, 0.6) is 0 Å². The quantitative estimate of drug-likeness (QED) is 0.871. The van der Waals surface area contributed by atoms with E-state index in [1.54, 1.807) is 32.0 Å². The van der Waals surface area contributed by atoms with Gasteiger partial charge in [0.2, 0.25) is 10.0 Å². The lowest BCUT2D eigenvalue weighted by Crippen LogP contribution is -2.47. The van der Waals surface area contributed by atoms with Gasteiger partial charge in [0.05, 0.1) is 16.8 Å². The highest BCUT2D eigenvalue weighted by Crippen LogP contribution is 2.20. The molecule has 0 atom stereocenters. The molecule has 0 aliphatic carbocycles. The topological polar surface area (TPSA) is 82.0 Å². The molecule has 104 valence electrons. The Morgan fingerprint density at radius 1 is 1.42 bits per heavy atom. The summed E-state index contributed by atoms with van der Waals surface area (Å²) in [7, 11) is -3.26. The van der Waals surface area contributed by atoms with E-state index in [-0.39, 0.29) is 0 Å². The second-order valence-corrected chi connectivity index (χ2v) is 7.07. The fourth-order valence-electron chi connectivity index (χ4n) is 1.58. The van der Waals surface area contributed by atoms with Crippen molar-refractivity contribution in [3.63, 3.8) is 0 Å². The molecule has 19 heavy (non-hydrogen) atoms. The van der Waals surface area contributed by atoms with Gasteiger partial charge < -0.3 is 5.32 Å². The van der Waals surface area contributed by atoms with Crippen molar-refractivity contribution in [2.24, 2.45) is 0 Å². The van der Waals surface area contributed by atoms with E-state index in [0.29, 0.717) is 17.1 Å². The van der Waals surface area contributed by atoms with E-state index >= 15 is 0 Å². The Hall–Kier alpha value is -1.29. The van der Waals surface area contributed by atoms with Crippen molar-refractivity contribution in [1.29, 1.82) is 5.26 Å². The minimum absolute atomic E-state index is 0.362. The van der Waals surface area contributed by atoms with Gasteiger partial charge in [0.25, 0.3) is 0 Å². The monoisotopic (exact) mass is 301 g/mol. The predicted octanol–water partition coefficient (Wildman–Crippen LogP) is 1.95. The van der Waals surface area contributed by atoms with Crippen LogP contribution in [-0.2, 0) is 10.0 Å². The summed E-state index contributed by atoms with van der Waals surface area (Å²) in [6.45, 7) is 3.93. The predicted molar refractivity (Wildman–Crippen MR) is 76.7 cm³/mol. The Morgan fingerprint density at radius 2 is 2.05 bits per heavy atom. The smallest absolute Gasteiger partial charge is 0.209 e. The van der Waals surface area contributed by atoms with Gasteiger partial charge in [-0.15, -0.1) is 0 Å². The number of nitriles is 1. The summed E-state index contributed by atoms with van der Waals surface area (Å²) in [5.74, 6) is 0. The van der Waals surface area contributed by atoms with E-state index in [2.05, 4.69) is 10.0 Å². The maximum atomic E-state index is 11.2. The van der Waals surface area contributed by atoms with Crippen LogP contribution in [0.4, 0.5) is 5.69 Å². The Labute approximate surface area is 118 Å². The Bertz CT molecular complexity index is 606. The van der Waals surface area contributed by atoms with Crippen LogP contribution in [0.2, 0.25) is 5.02 Å². The number of rotatable bonds is 5. The van der Waals surface area contributed by atoms with Crippen LogP contribution in [0.25, 0.3) is 0 Å². The van der Waals surface area contributed by atoms with Gasteiger partial charge in [-0.2, -0.15) is 5.26 Å². The number of benzene rings is 1. The van der Waals surface area contributed by atoms with E-state index in [9.17, 15) is 8.42 Å². The second kappa shape index (κ2) is 5.78. The molecule has 0 bridgehead atoms. The summed E-state index contributed by atoms with van der Waals surface area (Å²) >= 11 is 5.91. The summed E-state index contributed by atoms with van der Waals surface area (Å²) in [6.07, 6.45) is 1.12. The molecule has 0 heterocycles. The van der Waals surface area contributed by atoms with Crippen LogP contribution in [0.15, 0.2) is 18.2 Å². The van der Waals surface area contributed by atoms with Gasteiger partial charge in [-0.3, -0.25) is 0 Å². The third-order valence-corrected chi connectivity index (χ3v) is 3.52. The van der Waals surface area contributed by atoms with Gasteiger partial charge in [0.15, 0.2) is 0 Å². The molecule has 0 aliphatic heterocycles. The molecule has 0 aromatic heterocycles. The van der Waals surface area contributed by atoms with Crippen LogP contribution in [-0.4, -0.2) is 26.8 Å². The molecule has 0 spiro atoms. The second-order valence-electron chi connectivity index (χ2n) is 4.92. The average Bonchev–Trinajstić information content (AvgIpc) is 2.23. The standard InChI is InChI=1S/C12H16ClN3O2S/c1-12(2,16-19(3,17)18)8-15-10-5-4-9(7-14)11(13)6-10/h4-6,15-16H,8H2,1-3H3. The van der Waals surface area contributed by atoms with Crippen molar-refractivity contribution in [2.75, 3.05) is 18.1 Å².